The molecule has 15 heavy (non-hydrogen) atoms. The van der Waals surface area contributed by atoms with Crippen molar-refractivity contribution in [2.24, 2.45) is 0 Å². The van der Waals surface area contributed by atoms with E-state index in [0.717, 1.165) is 23.0 Å². The third kappa shape index (κ3) is 2.01. The molecule has 0 atom stereocenters. The summed E-state index contributed by atoms with van der Waals surface area (Å²) in [6, 6.07) is 8.10. The molecule has 3 heteroatoms. The summed E-state index contributed by atoms with van der Waals surface area (Å²) in [5.74, 6) is 2.29. The highest BCUT2D eigenvalue weighted by Gasteiger charge is 2.05. The molecule has 0 spiro atoms. The average molecular weight is 199 g/mol. The standard InChI is InChI=1S/C12H13N3/c1-8-6-4-5-7-11(8)12-14-9(2)13-10(3)15-12/h4-7H,1-3H3. The fourth-order valence-electron chi connectivity index (χ4n) is 1.56. The van der Waals surface area contributed by atoms with Gasteiger partial charge < -0.3 is 0 Å². The third-order valence-electron chi connectivity index (χ3n) is 2.24. The Labute approximate surface area is 89.2 Å². The van der Waals surface area contributed by atoms with Crippen molar-refractivity contribution in [1.29, 1.82) is 0 Å². The predicted octanol–water partition coefficient (Wildman–Crippen LogP) is 2.46. The lowest BCUT2D eigenvalue weighted by Gasteiger charge is -2.05. The normalized spacial score (nSPS) is 10.3. The Hall–Kier alpha value is -1.77. The van der Waals surface area contributed by atoms with Crippen molar-refractivity contribution in [2.75, 3.05) is 0 Å². The number of hydrogen-bond donors (Lipinski definition) is 0. The van der Waals surface area contributed by atoms with Crippen LogP contribution in [0, 0.1) is 20.8 Å². The molecule has 2 rings (SSSR count). The summed E-state index contributed by atoms with van der Waals surface area (Å²) in [4.78, 5) is 12.9. The van der Waals surface area contributed by atoms with E-state index in [1.165, 1.54) is 5.56 Å². The van der Waals surface area contributed by atoms with E-state index in [1.54, 1.807) is 0 Å². The minimum Gasteiger partial charge on any atom is -0.219 e. The second-order valence-corrected chi connectivity index (χ2v) is 3.57. The molecule has 0 aliphatic carbocycles. The number of hydrogen-bond acceptors (Lipinski definition) is 3. The van der Waals surface area contributed by atoms with Crippen LogP contribution in [0.3, 0.4) is 0 Å². The molecule has 1 aromatic carbocycles. The van der Waals surface area contributed by atoms with Gasteiger partial charge in [-0.3, -0.25) is 0 Å². The Balaban J connectivity index is 2.59. The Morgan fingerprint density at radius 3 is 2.00 bits per heavy atom. The number of aromatic nitrogens is 3. The summed E-state index contributed by atoms with van der Waals surface area (Å²) >= 11 is 0. The van der Waals surface area contributed by atoms with Gasteiger partial charge in [0.1, 0.15) is 11.6 Å². The highest BCUT2D eigenvalue weighted by atomic mass is 15.0. The van der Waals surface area contributed by atoms with Gasteiger partial charge in [0.05, 0.1) is 0 Å². The highest BCUT2D eigenvalue weighted by Crippen LogP contribution is 2.18. The van der Waals surface area contributed by atoms with Crippen LogP contribution in [0.2, 0.25) is 0 Å². The van der Waals surface area contributed by atoms with Crippen LogP contribution >= 0.6 is 0 Å². The number of aryl methyl sites for hydroxylation is 3. The molecule has 0 radical (unpaired) electrons. The van der Waals surface area contributed by atoms with Gasteiger partial charge >= 0.3 is 0 Å². The van der Waals surface area contributed by atoms with Gasteiger partial charge in [0.25, 0.3) is 0 Å². The van der Waals surface area contributed by atoms with Gasteiger partial charge in [0.2, 0.25) is 0 Å². The second kappa shape index (κ2) is 3.77. The molecule has 0 saturated carbocycles. The van der Waals surface area contributed by atoms with Gasteiger partial charge in [-0.05, 0) is 26.3 Å². The van der Waals surface area contributed by atoms with E-state index in [0.29, 0.717) is 0 Å². The summed E-state index contributed by atoms with van der Waals surface area (Å²) in [5, 5.41) is 0. The van der Waals surface area contributed by atoms with E-state index in [-0.39, 0.29) is 0 Å². The van der Waals surface area contributed by atoms with E-state index in [4.69, 9.17) is 0 Å². The molecule has 0 aliphatic rings. The number of benzene rings is 1. The maximum atomic E-state index is 4.34. The highest BCUT2D eigenvalue weighted by molar-refractivity contribution is 5.59. The summed E-state index contributed by atoms with van der Waals surface area (Å²) < 4.78 is 0. The Morgan fingerprint density at radius 1 is 0.800 bits per heavy atom. The van der Waals surface area contributed by atoms with E-state index in [2.05, 4.69) is 27.9 Å². The molecule has 0 N–H and O–H groups in total. The van der Waals surface area contributed by atoms with Crippen LogP contribution in [-0.4, -0.2) is 15.0 Å². The lowest BCUT2D eigenvalue weighted by atomic mass is 10.1. The summed E-state index contributed by atoms with van der Waals surface area (Å²) in [6.45, 7) is 5.83. The van der Waals surface area contributed by atoms with Crippen LogP contribution in [0.5, 0.6) is 0 Å². The van der Waals surface area contributed by atoms with E-state index >= 15 is 0 Å². The molecular formula is C12H13N3. The molecule has 0 amide bonds. The van der Waals surface area contributed by atoms with Crippen molar-refractivity contribution in [2.45, 2.75) is 20.8 Å². The Morgan fingerprint density at radius 2 is 1.40 bits per heavy atom. The van der Waals surface area contributed by atoms with Gasteiger partial charge in [0, 0.05) is 5.56 Å². The SMILES string of the molecule is Cc1nc(C)nc(-c2ccccc2C)n1. The summed E-state index contributed by atoms with van der Waals surface area (Å²) in [5.41, 5.74) is 2.26. The molecule has 1 heterocycles. The quantitative estimate of drug-likeness (QED) is 0.708. The van der Waals surface area contributed by atoms with E-state index < -0.39 is 0 Å². The van der Waals surface area contributed by atoms with Crippen LogP contribution in [0.1, 0.15) is 17.2 Å². The number of rotatable bonds is 1. The van der Waals surface area contributed by atoms with Gasteiger partial charge in [-0.2, -0.15) is 0 Å². The van der Waals surface area contributed by atoms with Crippen LogP contribution < -0.4 is 0 Å². The van der Waals surface area contributed by atoms with Crippen molar-refractivity contribution in [3.05, 3.63) is 41.5 Å². The van der Waals surface area contributed by atoms with Crippen LogP contribution in [0.15, 0.2) is 24.3 Å². The first-order valence-electron chi connectivity index (χ1n) is 4.92. The fraction of sp³-hybridized carbons (Fsp3) is 0.250. The Kier molecular flexibility index (Phi) is 2.46. The summed E-state index contributed by atoms with van der Waals surface area (Å²) in [7, 11) is 0. The second-order valence-electron chi connectivity index (χ2n) is 3.57. The van der Waals surface area contributed by atoms with Crippen LogP contribution in [0.4, 0.5) is 0 Å². The monoisotopic (exact) mass is 199 g/mol. The molecule has 0 saturated heterocycles. The molecule has 3 nitrogen and oxygen atoms in total. The minimum atomic E-state index is 0.762. The largest absolute Gasteiger partial charge is 0.219 e. The molecule has 76 valence electrons. The van der Waals surface area contributed by atoms with Crippen LogP contribution in [-0.2, 0) is 0 Å². The van der Waals surface area contributed by atoms with E-state index in [9.17, 15) is 0 Å². The van der Waals surface area contributed by atoms with Crippen molar-refractivity contribution in [1.82, 2.24) is 15.0 Å². The lowest BCUT2D eigenvalue weighted by Crippen LogP contribution is -1.99. The Bertz CT molecular complexity index is 472. The van der Waals surface area contributed by atoms with Crippen LogP contribution in [0.25, 0.3) is 11.4 Å². The third-order valence-corrected chi connectivity index (χ3v) is 2.24. The maximum Gasteiger partial charge on any atom is 0.163 e. The van der Waals surface area contributed by atoms with E-state index in [1.807, 2.05) is 32.0 Å². The first kappa shape index (κ1) is 9.77. The minimum absolute atomic E-state index is 0.762. The van der Waals surface area contributed by atoms with Gasteiger partial charge in [-0.1, -0.05) is 24.3 Å². The zero-order valence-electron chi connectivity index (χ0n) is 9.15. The first-order valence-corrected chi connectivity index (χ1v) is 4.92. The van der Waals surface area contributed by atoms with Gasteiger partial charge in [0.15, 0.2) is 5.82 Å². The molecule has 0 fully saturated rings. The molecular weight excluding hydrogens is 186 g/mol. The maximum absolute atomic E-state index is 4.34. The smallest absolute Gasteiger partial charge is 0.163 e. The average Bonchev–Trinajstić information content (AvgIpc) is 2.16. The van der Waals surface area contributed by atoms with Crippen molar-refractivity contribution < 1.29 is 0 Å². The van der Waals surface area contributed by atoms with Crippen molar-refractivity contribution in [3.63, 3.8) is 0 Å². The zero-order chi connectivity index (χ0) is 10.8. The first-order chi connectivity index (χ1) is 7.16. The molecule has 1 aromatic heterocycles. The number of nitrogens with zero attached hydrogens (tertiary/aromatic N) is 3. The molecule has 0 unspecified atom stereocenters. The lowest BCUT2D eigenvalue weighted by molar-refractivity contribution is 0.927. The summed E-state index contributed by atoms with van der Waals surface area (Å²) in [6.07, 6.45) is 0. The molecule has 0 aliphatic heterocycles. The molecule has 0 bridgehead atoms. The topological polar surface area (TPSA) is 38.7 Å². The molecule has 2 aromatic rings. The fourth-order valence-corrected chi connectivity index (χ4v) is 1.56. The van der Waals surface area contributed by atoms with Gasteiger partial charge in [-0.25, -0.2) is 15.0 Å². The zero-order valence-corrected chi connectivity index (χ0v) is 9.15. The van der Waals surface area contributed by atoms with Crippen molar-refractivity contribution in [3.8, 4) is 11.4 Å². The van der Waals surface area contributed by atoms with Crippen molar-refractivity contribution >= 4 is 0 Å². The predicted molar refractivity (Wildman–Crippen MR) is 59.5 cm³/mol. The van der Waals surface area contributed by atoms with Gasteiger partial charge in [-0.15, -0.1) is 0 Å².